The van der Waals surface area contributed by atoms with E-state index in [1.807, 2.05) is 60.7 Å². The number of carboxylic acids is 1. The number of ether oxygens (including phenoxy) is 3. The van der Waals surface area contributed by atoms with Gasteiger partial charge in [-0.05, 0) is 59.9 Å². The third kappa shape index (κ3) is 4.26. The van der Waals surface area contributed by atoms with E-state index in [0.717, 1.165) is 46.6 Å². The lowest BCUT2D eigenvalue weighted by Crippen LogP contribution is -2.07. The van der Waals surface area contributed by atoms with Gasteiger partial charge in [0.15, 0.2) is 0 Å². The first-order valence-electron chi connectivity index (χ1n) is 12.1. The summed E-state index contributed by atoms with van der Waals surface area (Å²) in [6.07, 6.45) is 3.48. The molecule has 6 heteroatoms. The maximum Gasteiger partial charge on any atom is 0.304 e. The Morgan fingerprint density at radius 1 is 0.944 bits per heavy atom. The van der Waals surface area contributed by atoms with Gasteiger partial charge in [-0.15, -0.1) is 0 Å². The Hall–Kier alpha value is -4.32. The fourth-order valence-corrected chi connectivity index (χ4v) is 5.14. The zero-order valence-electron chi connectivity index (χ0n) is 19.6. The van der Waals surface area contributed by atoms with E-state index in [4.69, 9.17) is 19.3 Å². The van der Waals surface area contributed by atoms with Crippen molar-refractivity contribution in [2.24, 2.45) is 0 Å². The molecule has 180 valence electrons. The fourth-order valence-electron chi connectivity index (χ4n) is 5.14. The quantitative estimate of drug-likeness (QED) is 0.324. The van der Waals surface area contributed by atoms with Crippen LogP contribution >= 0.6 is 0 Å². The summed E-state index contributed by atoms with van der Waals surface area (Å²) in [5, 5.41) is 9.14. The minimum Gasteiger partial charge on any atom is -0.492 e. The van der Waals surface area contributed by atoms with E-state index < -0.39 is 5.97 Å². The van der Waals surface area contributed by atoms with Gasteiger partial charge in [0, 0.05) is 29.3 Å². The first-order valence-corrected chi connectivity index (χ1v) is 12.1. The first kappa shape index (κ1) is 22.2. The highest BCUT2D eigenvalue weighted by molar-refractivity contribution is 5.74. The predicted octanol–water partition coefficient (Wildman–Crippen LogP) is 6.56. The summed E-state index contributed by atoms with van der Waals surface area (Å²) in [6.45, 7) is 0.388. The summed E-state index contributed by atoms with van der Waals surface area (Å²) < 4.78 is 18.3. The highest BCUT2D eigenvalue weighted by Crippen LogP contribution is 2.44. The summed E-state index contributed by atoms with van der Waals surface area (Å²) in [6, 6.07) is 25.7. The lowest BCUT2D eigenvalue weighted by Gasteiger charge is -2.17. The molecule has 4 aromatic rings. The van der Waals surface area contributed by atoms with Gasteiger partial charge < -0.3 is 19.3 Å². The van der Waals surface area contributed by atoms with Gasteiger partial charge in [0.25, 0.3) is 0 Å². The van der Waals surface area contributed by atoms with E-state index in [1.54, 1.807) is 6.20 Å². The molecule has 1 N–H and O–H groups in total. The van der Waals surface area contributed by atoms with Gasteiger partial charge in [0.2, 0.25) is 5.88 Å². The molecule has 2 aliphatic rings. The van der Waals surface area contributed by atoms with Crippen LogP contribution in [0.3, 0.4) is 0 Å². The molecular formula is C30H25NO5. The lowest BCUT2D eigenvalue weighted by atomic mass is 9.97. The standard InChI is InChI=1S/C30H25NO5/c32-29(33)16-19-18-34-28-17-21(11-12-22(19)28)35-27-14-13-24-23(8-4-9-25(24)27)26-10-5-15-31-30(26)36-20-6-2-1-3-7-20/h1-12,15,17,19,27H,13-14,16,18H2,(H,32,33)/t19-,27-/m1/s1. The molecule has 1 aliphatic carbocycles. The number of carbonyl (C=O) groups is 1. The van der Waals surface area contributed by atoms with E-state index in [9.17, 15) is 4.79 Å². The zero-order chi connectivity index (χ0) is 24.5. The second kappa shape index (κ2) is 9.38. The van der Waals surface area contributed by atoms with Crippen LogP contribution in [0.25, 0.3) is 11.1 Å². The van der Waals surface area contributed by atoms with Crippen molar-refractivity contribution in [3.63, 3.8) is 0 Å². The molecule has 0 bridgehead atoms. The molecular weight excluding hydrogens is 454 g/mol. The molecule has 36 heavy (non-hydrogen) atoms. The summed E-state index contributed by atoms with van der Waals surface area (Å²) in [5.74, 6) is 1.82. The minimum absolute atomic E-state index is 0.0658. The summed E-state index contributed by atoms with van der Waals surface area (Å²) >= 11 is 0. The highest BCUT2D eigenvalue weighted by Gasteiger charge is 2.30. The van der Waals surface area contributed by atoms with E-state index in [1.165, 1.54) is 5.56 Å². The third-order valence-electron chi connectivity index (χ3n) is 6.80. The van der Waals surface area contributed by atoms with Crippen LogP contribution in [0, 0.1) is 0 Å². The van der Waals surface area contributed by atoms with E-state index in [2.05, 4.69) is 23.2 Å². The van der Waals surface area contributed by atoms with E-state index >= 15 is 0 Å². The number of carboxylic acid groups (broad SMARTS) is 1. The Bertz CT molecular complexity index is 1420. The maximum atomic E-state index is 11.1. The van der Waals surface area contributed by atoms with Crippen molar-refractivity contribution in [2.45, 2.75) is 31.3 Å². The van der Waals surface area contributed by atoms with Gasteiger partial charge in [-0.1, -0.05) is 42.5 Å². The summed E-state index contributed by atoms with van der Waals surface area (Å²) in [5.41, 5.74) is 5.39. The van der Waals surface area contributed by atoms with Gasteiger partial charge in [-0.3, -0.25) is 4.79 Å². The Morgan fingerprint density at radius 3 is 2.67 bits per heavy atom. The van der Waals surface area contributed by atoms with Crippen LogP contribution in [0.4, 0.5) is 0 Å². The van der Waals surface area contributed by atoms with Crippen molar-refractivity contribution in [3.8, 4) is 34.3 Å². The van der Waals surface area contributed by atoms with Crippen LogP contribution in [0.5, 0.6) is 23.1 Å². The Kier molecular flexibility index (Phi) is 5.77. The van der Waals surface area contributed by atoms with Gasteiger partial charge in [0.05, 0.1) is 13.0 Å². The van der Waals surface area contributed by atoms with Gasteiger partial charge in [-0.2, -0.15) is 0 Å². The Morgan fingerprint density at radius 2 is 1.81 bits per heavy atom. The molecule has 1 aromatic heterocycles. The van der Waals surface area contributed by atoms with Gasteiger partial charge >= 0.3 is 5.97 Å². The van der Waals surface area contributed by atoms with Crippen molar-refractivity contribution < 1.29 is 24.1 Å². The number of fused-ring (bicyclic) bond motifs is 2. The number of hydrogen-bond donors (Lipinski definition) is 1. The maximum absolute atomic E-state index is 11.1. The number of benzene rings is 3. The average molecular weight is 480 g/mol. The van der Waals surface area contributed by atoms with E-state index in [0.29, 0.717) is 18.2 Å². The number of pyridine rings is 1. The number of rotatable bonds is 7. The van der Waals surface area contributed by atoms with Crippen molar-refractivity contribution in [2.75, 3.05) is 6.61 Å². The van der Waals surface area contributed by atoms with Crippen LogP contribution in [0.15, 0.2) is 85.1 Å². The van der Waals surface area contributed by atoms with Crippen molar-refractivity contribution in [1.29, 1.82) is 0 Å². The number of para-hydroxylation sites is 1. The van der Waals surface area contributed by atoms with Crippen molar-refractivity contribution in [1.82, 2.24) is 4.98 Å². The predicted molar refractivity (Wildman–Crippen MR) is 135 cm³/mol. The van der Waals surface area contributed by atoms with Crippen LogP contribution in [0.1, 0.15) is 41.6 Å². The Labute approximate surface area is 209 Å². The molecule has 3 aromatic carbocycles. The molecule has 1 aliphatic heterocycles. The monoisotopic (exact) mass is 479 g/mol. The van der Waals surface area contributed by atoms with Crippen LogP contribution in [-0.2, 0) is 11.2 Å². The molecule has 6 rings (SSSR count). The van der Waals surface area contributed by atoms with Gasteiger partial charge in [-0.25, -0.2) is 4.98 Å². The molecule has 0 fully saturated rings. The number of aromatic nitrogens is 1. The van der Waals surface area contributed by atoms with Crippen molar-refractivity contribution >= 4 is 5.97 Å². The fraction of sp³-hybridized carbons (Fsp3) is 0.200. The number of aliphatic carboxylic acids is 1. The molecule has 2 heterocycles. The second-order valence-corrected chi connectivity index (χ2v) is 9.10. The molecule has 0 unspecified atom stereocenters. The highest BCUT2D eigenvalue weighted by atomic mass is 16.5. The first-order chi connectivity index (χ1) is 17.7. The minimum atomic E-state index is -0.818. The molecule has 0 radical (unpaired) electrons. The van der Waals surface area contributed by atoms with Gasteiger partial charge in [0.1, 0.15) is 23.4 Å². The third-order valence-corrected chi connectivity index (χ3v) is 6.80. The van der Waals surface area contributed by atoms with Crippen molar-refractivity contribution in [3.05, 3.63) is 102 Å². The van der Waals surface area contributed by atoms with Crippen LogP contribution < -0.4 is 14.2 Å². The number of nitrogens with zero attached hydrogens (tertiary/aromatic N) is 1. The molecule has 6 nitrogen and oxygen atoms in total. The average Bonchev–Trinajstić information content (AvgIpc) is 3.48. The summed E-state index contributed by atoms with van der Waals surface area (Å²) in [4.78, 5) is 15.6. The van der Waals surface area contributed by atoms with Crippen LogP contribution in [-0.4, -0.2) is 22.7 Å². The molecule has 0 saturated heterocycles. The largest absolute Gasteiger partial charge is 0.492 e. The molecule has 0 saturated carbocycles. The summed E-state index contributed by atoms with van der Waals surface area (Å²) in [7, 11) is 0. The molecule has 0 spiro atoms. The molecule has 2 atom stereocenters. The van der Waals surface area contributed by atoms with Crippen LogP contribution in [0.2, 0.25) is 0 Å². The second-order valence-electron chi connectivity index (χ2n) is 9.10. The molecule has 0 amide bonds. The zero-order valence-corrected chi connectivity index (χ0v) is 19.6. The Balaban J connectivity index is 1.26. The lowest BCUT2D eigenvalue weighted by molar-refractivity contribution is -0.137. The smallest absolute Gasteiger partial charge is 0.304 e. The topological polar surface area (TPSA) is 77.9 Å². The van der Waals surface area contributed by atoms with E-state index in [-0.39, 0.29) is 18.4 Å². The normalized spacial score (nSPS) is 17.7. The SMILES string of the molecule is O=C(O)C[C@@H]1COc2cc(O[C@@H]3CCc4c(-c5cccnc5Oc5ccccc5)cccc43)ccc21. The number of hydrogen-bond acceptors (Lipinski definition) is 5.